The molecule has 2 heterocycles. The third-order valence-electron chi connectivity index (χ3n) is 2.24. The van der Waals surface area contributed by atoms with Gasteiger partial charge in [-0.15, -0.1) is 0 Å². The molecule has 4 nitrogen and oxygen atoms in total. The third kappa shape index (κ3) is 3.18. The van der Waals surface area contributed by atoms with Gasteiger partial charge in [-0.25, -0.2) is 4.98 Å². The molecule has 0 aliphatic heterocycles. The lowest BCUT2D eigenvalue weighted by Crippen LogP contribution is -2.23. The number of pyridine rings is 2. The molecule has 1 N–H and O–H groups in total. The van der Waals surface area contributed by atoms with Crippen molar-refractivity contribution in [2.24, 2.45) is 0 Å². The summed E-state index contributed by atoms with van der Waals surface area (Å²) >= 11 is 11.5. The van der Waals surface area contributed by atoms with E-state index in [-0.39, 0.29) is 16.2 Å². The number of amides is 1. The molecular formula is C12H9Cl2N3O. The Morgan fingerprint density at radius 2 is 2.11 bits per heavy atom. The molecule has 0 spiro atoms. The van der Waals surface area contributed by atoms with Crippen molar-refractivity contribution in [3.05, 3.63) is 58.1 Å². The largest absolute Gasteiger partial charge is 0.348 e. The summed E-state index contributed by atoms with van der Waals surface area (Å²) in [5, 5.41) is 3.07. The maximum Gasteiger partial charge on any atom is 0.254 e. The molecule has 0 bridgehead atoms. The molecule has 92 valence electrons. The molecule has 2 aromatic heterocycles. The lowest BCUT2D eigenvalue weighted by atomic mass is 10.2. The van der Waals surface area contributed by atoms with Crippen LogP contribution in [0, 0.1) is 0 Å². The van der Waals surface area contributed by atoms with Crippen molar-refractivity contribution in [1.29, 1.82) is 0 Å². The number of carbonyl (C=O) groups is 1. The Hall–Kier alpha value is -1.65. The Morgan fingerprint density at radius 1 is 1.28 bits per heavy atom. The van der Waals surface area contributed by atoms with Crippen molar-refractivity contribution < 1.29 is 4.79 Å². The van der Waals surface area contributed by atoms with Gasteiger partial charge >= 0.3 is 0 Å². The molecule has 0 saturated carbocycles. The summed E-state index contributed by atoms with van der Waals surface area (Å²) in [6, 6.07) is 6.73. The molecular weight excluding hydrogens is 273 g/mol. The summed E-state index contributed by atoms with van der Waals surface area (Å²) in [4.78, 5) is 19.6. The van der Waals surface area contributed by atoms with E-state index in [4.69, 9.17) is 23.2 Å². The number of hydrogen-bond acceptors (Lipinski definition) is 3. The van der Waals surface area contributed by atoms with Crippen LogP contribution in [0.4, 0.5) is 0 Å². The van der Waals surface area contributed by atoms with E-state index >= 15 is 0 Å². The molecule has 0 atom stereocenters. The van der Waals surface area contributed by atoms with E-state index in [2.05, 4.69) is 15.3 Å². The first kappa shape index (κ1) is 12.8. The lowest BCUT2D eigenvalue weighted by Gasteiger charge is -2.06. The minimum Gasteiger partial charge on any atom is -0.348 e. The summed E-state index contributed by atoms with van der Waals surface area (Å²) in [7, 11) is 0. The first-order valence-corrected chi connectivity index (χ1v) is 5.91. The Kier molecular flexibility index (Phi) is 4.12. The summed E-state index contributed by atoms with van der Waals surface area (Å²) in [6.07, 6.45) is 3.35. The maximum absolute atomic E-state index is 11.9. The van der Waals surface area contributed by atoms with Crippen LogP contribution in [0.15, 0.2) is 36.7 Å². The van der Waals surface area contributed by atoms with Crippen molar-refractivity contribution in [2.75, 3.05) is 0 Å². The maximum atomic E-state index is 11.9. The molecule has 6 heteroatoms. The molecule has 0 fully saturated rings. The molecule has 0 unspecified atom stereocenters. The Labute approximate surface area is 114 Å². The van der Waals surface area contributed by atoms with Crippen molar-refractivity contribution >= 4 is 29.1 Å². The second kappa shape index (κ2) is 5.80. The van der Waals surface area contributed by atoms with E-state index < -0.39 is 0 Å². The summed E-state index contributed by atoms with van der Waals surface area (Å²) in [6.45, 7) is 0.381. The zero-order valence-corrected chi connectivity index (χ0v) is 10.7. The molecule has 0 aromatic carbocycles. The highest BCUT2D eigenvalue weighted by atomic mass is 35.5. The van der Waals surface area contributed by atoms with E-state index in [9.17, 15) is 4.79 Å². The molecule has 0 radical (unpaired) electrons. The summed E-state index contributed by atoms with van der Waals surface area (Å²) in [5.41, 5.74) is 1.20. The monoisotopic (exact) mass is 281 g/mol. The topological polar surface area (TPSA) is 54.9 Å². The van der Waals surface area contributed by atoms with Gasteiger partial charge in [0.05, 0.1) is 5.56 Å². The van der Waals surface area contributed by atoms with Gasteiger partial charge in [0, 0.05) is 18.9 Å². The Morgan fingerprint density at radius 3 is 2.78 bits per heavy atom. The molecule has 0 aliphatic rings. The predicted molar refractivity (Wildman–Crippen MR) is 69.7 cm³/mol. The van der Waals surface area contributed by atoms with E-state index in [1.165, 1.54) is 12.1 Å². The fraction of sp³-hybridized carbons (Fsp3) is 0.0833. The highest BCUT2D eigenvalue weighted by Gasteiger charge is 2.11. The van der Waals surface area contributed by atoms with Gasteiger partial charge in [0.25, 0.3) is 5.91 Å². The van der Waals surface area contributed by atoms with E-state index in [1.54, 1.807) is 18.5 Å². The number of halogens is 2. The third-order valence-corrected chi connectivity index (χ3v) is 2.73. The van der Waals surface area contributed by atoms with Crippen LogP contribution in [0.3, 0.4) is 0 Å². The van der Waals surface area contributed by atoms with Gasteiger partial charge in [0.15, 0.2) is 0 Å². The molecule has 2 aromatic rings. The minimum absolute atomic E-state index is 0.0891. The number of hydrogen-bond donors (Lipinski definition) is 1. The molecule has 0 aliphatic carbocycles. The Bertz CT molecular complexity index is 561. The van der Waals surface area contributed by atoms with Gasteiger partial charge in [-0.1, -0.05) is 29.3 Å². The summed E-state index contributed by atoms with van der Waals surface area (Å²) in [5.74, 6) is -0.298. The van der Waals surface area contributed by atoms with Gasteiger partial charge in [0.2, 0.25) is 0 Å². The predicted octanol–water partition coefficient (Wildman–Crippen LogP) is 2.71. The second-order valence-corrected chi connectivity index (χ2v) is 4.26. The standard InChI is InChI=1S/C12H9Cl2N3O/c13-10-4-3-9(11(14)17-10)12(18)16-7-8-2-1-5-15-6-8/h1-6H,7H2,(H,16,18). The average Bonchev–Trinajstić information content (AvgIpc) is 2.37. The first-order valence-electron chi connectivity index (χ1n) is 5.16. The normalized spacial score (nSPS) is 10.1. The quantitative estimate of drug-likeness (QED) is 0.881. The van der Waals surface area contributed by atoms with Crippen LogP contribution in [0.25, 0.3) is 0 Å². The highest BCUT2D eigenvalue weighted by molar-refractivity contribution is 6.34. The number of rotatable bonds is 3. The van der Waals surface area contributed by atoms with Crippen LogP contribution in [-0.4, -0.2) is 15.9 Å². The van der Waals surface area contributed by atoms with E-state index in [1.807, 2.05) is 6.07 Å². The lowest BCUT2D eigenvalue weighted by molar-refractivity contribution is 0.0950. The van der Waals surface area contributed by atoms with E-state index in [0.717, 1.165) is 5.56 Å². The zero-order chi connectivity index (χ0) is 13.0. The van der Waals surface area contributed by atoms with Gasteiger partial charge in [-0.05, 0) is 23.8 Å². The van der Waals surface area contributed by atoms with Crippen molar-refractivity contribution in [3.8, 4) is 0 Å². The molecule has 1 amide bonds. The molecule has 0 saturated heterocycles. The van der Waals surface area contributed by atoms with Crippen molar-refractivity contribution in [2.45, 2.75) is 6.54 Å². The number of aromatic nitrogens is 2. The molecule has 2 rings (SSSR count). The SMILES string of the molecule is O=C(NCc1cccnc1)c1ccc(Cl)nc1Cl. The van der Waals surface area contributed by atoms with Gasteiger partial charge in [-0.3, -0.25) is 9.78 Å². The highest BCUT2D eigenvalue weighted by Crippen LogP contribution is 2.16. The van der Waals surface area contributed by atoms with Crippen molar-refractivity contribution in [3.63, 3.8) is 0 Å². The van der Waals surface area contributed by atoms with E-state index in [0.29, 0.717) is 12.1 Å². The van der Waals surface area contributed by atoms with Crippen LogP contribution in [0.5, 0.6) is 0 Å². The Balaban J connectivity index is 2.04. The first-order chi connectivity index (χ1) is 8.66. The number of nitrogens with zero attached hydrogens (tertiary/aromatic N) is 2. The van der Waals surface area contributed by atoms with Crippen LogP contribution in [0.2, 0.25) is 10.3 Å². The average molecular weight is 282 g/mol. The van der Waals surface area contributed by atoms with Crippen LogP contribution >= 0.6 is 23.2 Å². The minimum atomic E-state index is -0.298. The summed E-state index contributed by atoms with van der Waals surface area (Å²) < 4.78 is 0. The number of carbonyl (C=O) groups excluding carboxylic acids is 1. The van der Waals surface area contributed by atoms with Crippen LogP contribution in [0.1, 0.15) is 15.9 Å². The zero-order valence-electron chi connectivity index (χ0n) is 9.23. The van der Waals surface area contributed by atoms with Crippen LogP contribution in [-0.2, 0) is 6.54 Å². The fourth-order valence-electron chi connectivity index (χ4n) is 1.36. The van der Waals surface area contributed by atoms with Gasteiger partial charge < -0.3 is 5.32 Å². The molecule has 18 heavy (non-hydrogen) atoms. The van der Waals surface area contributed by atoms with Gasteiger partial charge in [-0.2, -0.15) is 0 Å². The number of nitrogens with one attached hydrogen (secondary N) is 1. The van der Waals surface area contributed by atoms with Crippen LogP contribution < -0.4 is 5.32 Å². The van der Waals surface area contributed by atoms with Crippen molar-refractivity contribution in [1.82, 2.24) is 15.3 Å². The fourth-order valence-corrected chi connectivity index (χ4v) is 1.79. The van der Waals surface area contributed by atoms with Gasteiger partial charge in [0.1, 0.15) is 10.3 Å². The smallest absolute Gasteiger partial charge is 0.254 e. The second-order valence-electron chi connectivity index (χ2n) is 3.52.